The number of aromatic amines is 1. The summed E-state index contributed by atoms with van der Waals surface area (Å²) < 4.78 is 11.1. The summed E-state index contributed by atoms with van der Waals surface area (Å²) in [6.07, 6.45) is 3.31. The molecule has 1 aliphatic rings. The van der Waals surface area contributed by atoms with Gasteiger partial charge in [0, 0.05) is 28.2 Å². The maximum Gasteiger partial charge on any atom is 0.296 e. The van der Waals surface area contributed by atoms with Crippen molar-refractivity contribution >= 4 is 28.4 Å². The molecule has 0 spiro atoms. The fourth-order valence-electron chi connectivity index (χ4n) is 4.38. The van der Waals surface area contributed by atoms with E-state index in [2.05, 4.69) is 4.98 Å². The molecule has 7 nitrogen and oxygen atoms in total. The van der Waals surface area contributed by atoms with Crippen molar-refractivity contribution in [2.24, 2.45) is 0 Å². The molecular weight excluding hydrogens is 432 g/mol. The number of rotatable bonds is 6. The second-order valence-electron chi connectivity index (χ2n) is 8.49. The fourth-order valence-corrected chi connectivity index (χ4v) is 4.38. The molecule has 2 aromatic heterocycles. The molecule has 172 valence electrons. The van der Waals surface area contributed by atoms with E-state index in [1.807, 2.05) is 38.1 Å². The molecule has 34 heavy (non-hydrogen) atoms. The highest BCUT2D eigenvalue weighted by Crippen LogP contribution is 2.42. The first-order valence-corrected chi connectivity index (χ1v) is 11.1. The highest BCUT2D eigenvalue weighted by Gasteiger charge is 2.47. The van der Waals surface area contributed by atoms with Gasteiger partial charge in [0.1, 0.15) is 17.3 Å². The van der Waals surface area contributed by atoms with Crippen molar-refractivity contribution < 1.29 is 23.8 Å². The minimum atomic E-state index is -0.784. The Balaban J connectivity index is 1.64. The normalized spacial score (nSPS) is 17.7. The van der Waals surface area contributed by atoms with Crippen molar-refractivity contribution in [2.45, 2.75) is 32.5 Å². The van der Waals surface area contributed by atoms with Crippen molar-refractivity contribution in [3.63, 3.8) is 0 Å². The number of para-hydroxylation sites is 1. The Bertz CT molecular complexity index is 1380. The van der Waals surface area contributed by atoms with Gasteiger partial charge < -0.3 is 24.1 Å². The van der Waals surface area contributed by atoms with Crippen LogP contribution in [0.1, 0.15) is 36.8 Å². The molecule has 5 rings (SSSR count). The Morgan fingerprint density at radius 1 is 1.09 bits per heavy atom. The molecule has 1 unspecified atom stereocenters. The standard InChI is InChI=1S/C27H24N2O5/c1-16(2)34-18-11-9-17(10-12-18)25(30)23-24(21-14-28-22-8-4-3-7-20(21)22)29(27(32)26(23)31)15-19-6-5-13-33-19/h3-14,16,24,28,30H,15H2,1-2H3/b25-23+. The molecule has 1 aliphatic heterocycles. The number of furan rings is 1. The van der Waals surface area contributed by atoms with E-state index in [1.54, 1.807) is 42.6 Å². The molecule has 0 radical (unpaired) electrons. The lowest BCUT2D eigenvalue weighted by Crippen LogP contribution is -2.29. The van der Waals surface area contributed by atoms with Gasteiger partial charge >= 0.3 is 0 Å². The number of carbonyl (C=O) groups excluding carboxylic acids is 2. The van der Waals surface area contributed by atoms with Crippen molar-refractivity contribution in [3.05, 3.63) is 95.6 Å². The average molecular weight is 456 g/mol. The van der Waals surface area contributed by atoms with Crippen LogP contribution in [0.15, 0.2) is 83.1 Å². The van der Waals surface area contributed by atoms with E-state index in [9.17, 15) is 14.7 Å². The molecule has 0 saturated carbocycles. The first kappa shape index (κ1) is 21.6. The predicted molar refractivity (Wildman–Crippen MR) is 127 cm³/mol. The number of ketones is 1. The third-order valence-electron chi connectivity index (χ3n) is 5.86. The second-order valence-corrected chi connectivity index (χ2v) is 8.49. The number of Topliss-reactive ketones (excluding diaryl/α,β-unsaturated/α-hetero) is 1. The zero-order valence-electron chi connectivity index (χ0n) is 18.8. The van der Waals surface area contributed by atoms with E-state index >= 15 is 0 Å². The summed E-state index contributed by atoms with van der Waals surface area (Å²) >= 11 is 0. The predicted octanol–water partition coefficient (Wildman–Crippen LogP) is 5.17. The van der Waals surface area contributed by atoms with E-state index in [-0.39, 0.29) is 24.0 Å². The first-order valence-electron chi connectivity index (χ1n) is 11.1. The lowest BCUT2D eigenvalue weighted by atomic mass is 9.95. The van der Waals surface area contributed by atoms with Gasteiger partial charge in [0.05, 0.1) is 30.5 Å². The lowest BCUT2D eigenvalue weighted by Gasteiger charge is -2.24. The van der Waals surface area contributed by atoms with Gasteiger partial charge in [-0.25, -0.2) is 0 Å². The summed E-state index contributed by atoms with van der Waals surface area (Å²) in [4.78, 5) is 31.0. The first-order chi connectivity index (χ1) is 16.4. The number of aromatic nitrogens is 1. The minimum Gasteiger partial charge on any atom is -0.507 e. The van der Waals surface area contributed by atoms with Gasteiger partial charge in [0.15, 0.2) is 0 Å². The Morgan fingerprint density at radius 2 is 1.85 bits per heavy atom. The molecule has 1 saturated heterocycles. The molecule has 0 aliphatic carbocycles. The van der Waals surface area contributed by atoms with Gasteiger partial charge in [-0.1, -0.05) is 18.2 Å². The van der Waals surface area contributed by atoms with Crippen molar-refractivity contribution in [1.29, 1.82) is 0 Å². The third kappa shape index (κ3) is 3.75. The molecule has 3 heterocycles. The maximum absolute atomic E-state index is 13.2. The van der Waals surface area contributed by atoms with E-state index in [0.717, 1.165) is 16.5 Å². The largest absolute Gasteiger partial charge is 0.507 e. The molecule has 1 amide bonds. The van der Waals surface area contributed by atoms with Gasteiger partial charge in [0.25, 0.3) is 11.7 Å². The number of hydrogen-bond acceptors (Lipinski definition) is 5. The zero-order chi connectivity index (χ0) is 23.8. The zero-order valence-corrected chi connectivity index (χ0v) is 18.8. The van der Waals surface area contributed by atoms with E-state index in [1.165, 1.54) is 11.2 Å². The SMILES string of the molecule is CC(C)Oc1ccc(/C(O)=C2\C(=O)C(=O)N(Cc3ccco3)C2c2c[nH]c3ccccc23)cc1. The number of hydrogen-bond donors (Lipinski definition) is 2. The Hall–Kier alpha value is -4.26. The van der Waals surface area contributed by atoms with Crippen LogP contribution in [0.25, 0.3) is 16.7 Å². The Kier molecular flexibility index (Phi) is 5.45. The van der Waals surface area contributed by atoms with E-state index < -0.39 is 17.7 Å². The monoisotopic (exact) mass is 456 g/mol. The summed E-state index contributed by atoms with van der Waals surface area (Å²) in [7, 11) is 0. The number of amides is 1. The number of aliphatic hydroxyl groups is 1. The van der Waals surface area contributed by atoms with Crippen molar-refractivity contribution in [1.82, 2.24) is 9.88 Å². The van der Waals surface area contributed by atoms with Crippen LogP contribution in [0, 0.1) is 0 Å². The topological polar surface area (TPSA) is 95.8 Å². The average Bonchev–Trinajstić information content (AvgIpc) is 3.54. The number of likely N-dealkylation sites (tertiary alicyclic amines) is 1. The minimum absolute atomic E-state index is 0.00763. The summed E-state index contributed by atoms with van der Waals surface area (Å²) in [5.41, 5.74) is 2.06. The summed E-state index contributed by atoms with van der Waals surface area (Å²) in [6.45, 7) is 3.95. The lowest BCUT2D eigenvalue weighted by molar-refractivity contribution is -0.140. The number of H-pyrrole nitrogens is 1. The number of aliphatic hydroxyl groups excluding tert-OH is 1. The highest BCUT2D eigenvalue weighted by molar-refractivity contribution is 6.46. The second kappa shape index (κ2) is 8.59. The fraction of sp³-hybridized carbons (Fsp3) is 0.185. The van der Waals surface area contributed by atoms with Crippen LogP contribution in [0.2, 0.25) is 0 Å². The van der Waals surface area contributed by atoms with Crippen LogP contribution in [0.4, 0.5) is 0 Å². The highest BCUT2D eigenvalue weighted by atomic mass is 16.5. The molecule has 7 heteroatoms. The summed E-state index contributed by atoms with van der Waals surface area (Å²) in [5.74, 6) is -0.457. The van der Waals surface area contributed by atoms with Gasteiger partial charge in [-0.2, -0.15) is 0 Å². The van der Waals surface area contributed by atoms with E-state index in [0.29, 0.717) is 17.1 Å². The smallest absolute Gasteiger partial charge is 0.296 e. The molecule has 1 atom stereocenters. The summed E-state index contributed by atoms with van der Waals surface area (Å²) in [5, 5.41) is 12.1. The van der Waals surface area contributed by atoms with Crippen LogP contribution in [-0.4, -0.2) is 32.8 Å². The van der Waals surface area contributed by atoms with Gasteiger partial charge in [-0.05, 0) is 56.3 Å². The molecule has 2 aromatic carbocycles. The molecule has 4 aromatic rings. The van der Waals surface area contributed by atoms with Crippen LogP contribution in [0.5, 0.6) is 5.75 Å². The van der Waals surface area contributed by atoms with Crippen LogP contribution in [0.3, 0.4) is 0 Å². The number of carbonyl (C=O) groups is 2. The number of fused-ring (bicyclic) bond motifs is 1. The van der Waals surface area contributed by atoms with Crippen molar-refractivity contribution in [3.8, 4) is 5.75 Å². The number of benzene rings is 2. The Morgan fingerprint density at radius 3 is 2.56 bits per heavy atom. The van der Waals surface area contributed by atoms with Crippen LogP contribution < -0.4 is 4.74 Å². The molecule has 0 bridgehead atoms. The van der Waals surface area contributed by atoms with Gasteiger partial charge in [-0.3, -0.25) is 9.59 Å². The van der Waals surface area contributed by atoms with Crippen LogP contribution >= 0.6 is 0 Å². The molecular formula is C27H24N2O5. The number of nitrogens with one attached hydrogen (secondary N) is 1. The maximum atomic E-state index is 13.2. The van der Waals surface area contributed by atoms with Gasteiger partial charge in [0.2, 0.25) is 0 Å². The summed E-state index contributed by atoms with van der Waals surface area (Å²) in [6, 6.07) is 17.2. The van der Waals surface area contributed by atoms with E-state index in [4.69, 9.17) is 9.15 Å². The molecule has 1 fully saturated rings. The van der Waals surface area contributed by atoms with Crippen LogP contribution in [-0.2, 0) is 16.1 Å². The molecule has 2 N–H and O–H groups in total. The quantitative estimate of drug-likeness (QED) is 0.237. The Labute approximate surface area is 196 Å². The van der Waals surface area contributed by atoms with Crippen molar-refractivity contribution in [2.75, 3.05) is 0 Å². The third-order valence-corrected chi connectivity index (χ3v) is 5.86. The number of ether oxygens (including phenoxy) is 1. The van der Waals surface area contributed by atoms with Gasteiger partial charge in [-0.15, -0.1) is 0 Å². The number of nitrogens with zero attached hydrogens (tertiary/aromatic N) is 1.